The van der Waals surface area contributed by atoms with Gasteiger partial charge in [0.1, 0.15) is 17.9 Å². The highest BCUT2D eigenvalue weighted by atomic mass is 16.3. The van der Waals surface area contributed by atoms with E-state index in [4.69, 9.17) is 23.4 Å². The van der Waals surface area contributed by atoms with E-state index in [1.807, 2.05) is 21.7 Å². The van der Waals surface area contributed by atoms with Crippen LogP contribution in [0.1, 0.15) is 176 Å². The van der Waals surface area contributed by atoms with Gasteiger partial charge >= 0.3 is 0 Å². The molecular formula is C48H80N12O10. The fourth-order valence-electron chi connectivity index (χ4n) is 5.99. The van der Waals surface area contributed by atoms with Crippen LogP contribution in [0.2, 0.25) is 0 Å². The van der Waals surface area contributed by atoms with Crippen LogP contribution in [0.15, 0.2) is 72.8 Å². The number of rotatable bonds is 30. The van der Waals surface area contributed by atoms with Crippen LogP contribution in [0.3, 0.4) is 0 Å². The van der Waals surface area contributed by atoms with Crippen molar-refractivity contribution in [2.45, 2.75) is 155 Å². The van der Waals surface area contributed by atoms with Gasteiger partial charge in [-0.05, 0) is 88.5 Å². The van der Waals surface area contributed by atoms with Crippen molar-refractivity contribution < 1.29 is 48.6 Å². The summed E-state index contributed by atoms with van der Waals surface area (Å²) < 4.78 is 0. The van der Waals surface area contributed by atoms with Gasteiger partial charge in [-0.15, -0.1) is 0 Å². The summed E-state index contributed by atoms with van der Waals surface area (Å²) >= 11 is 0. The van der Waals surface area contributed by atoms with Gasteiger partial charge in [0.15, 0.2) is 0 Å². The number of para-hydroxylation sites is 2. The lowest BCUT2D eigenvalue weighted by atomic mass is 10.1. The zero-order valence-electron chi connectivity index (χ0n) is 39.7. The van der Waals surface area contributed by atoms with Crippen LogP contribution in [-0.2, 0) is 28.8 Å². The molecule has 0 fully saturated rings. The average molecular weight is 985 g/mol. The van der Waals surface area contributed by atoms with Gasteiger partial charge in [0.05, 0.1) is 11.1 Å². The van der Waals surface area contributed by atoms with Gasteiger partial charge in [-0.2, -0.15) is 0 Å². The molecule has 2 aromatic rings. The molecule has 0 unspecified atom stereocenters. The topological polar surface area (TPSA) is 377 Å². The molecule has 0 bridgehead atoms. The minimum Gasteiger partial charge on any atom is -0.507 e. The standard InChI is InChI=1S/C20H38N4O2.C17H16N4O6.C10H22N4O2.CH4/c21-23-19(25)17-15-13-11-9-7-5-3-1-2-4-6-8-10-12-14-16-18-20(26)24-22;22-12-7-3-1-5-10(12)16(26)20-18-14(24)9-15(25)19-21-17(27)11-6-2-4-8-13(11)23;11-13-9(15)7-5-3-1-2-4-6-8-10(16)14-12;/h3-6H,1-2,7-18,21-22H2,(H,23,25)(H,24,26);1-8,22-23H,9H2,(H,18,24)(H,19,25)(H,20,26)(H,21,27);1-8,11-12H2,(H,13,15)(H,14,16);1H4/b5-3+,6-4+;;;. The Bertz CT molecular complexity index is 1750. The van der Waals surface area contributed by atoms with Crippen LogP contribution < -0.4 is 66.8 Å². The third-order valence-electron chi connectivity index (χ3n) is 9.83. The maximum Gasteiger partial charge on any atom is 0.273 e. The van der Waals surface area contributed by atoms with Gasteiger partial charge in [-0.25, -0.2) is 23.4 Å². The van der Waals surface area contributed by atoms with E-state index in [1.165, 1.54) is 74.2 Å². The van der Waals surface area contributed by atoms with Crippen molar-refractivity contribution in [3.8, 4) is 11.5 Å². The number of allylic oxidation sites excluding steroid dienone is 4. The zero-order chi connectivity index (χ0) is 51.3. The Labute approximate surface area is 412 Å². The third kappa shape index (κ3) is 37.1. The van der Waals surface area contributed by atoms with Crippen molar-refractivity contribution in [3.63, 3.8) is 0 Å². The van der Waals surface area contributed by atoms with E-state index in [2.05, 4.69) is 46.0 Å². The summed E-state index contributed by atoms with van der Waals surface area (Å²) in [5.74, 6) is 15.8. The lowest BCUT2D eigenvalue weighted by Gasteiger charge is -2.10. The highest BCUT2D eigenvalue weighted by molar-refractivity contribution is 6.02. The molecule has 0 saturated carbocycles. The van der Waals surface area contributed by atoms with Gasteiger partial charge < -0.3 is 10.2 Å². The Morgan fingerprint density at radius 3 is 0.943 bits per heavy atom. The lowest BCUT2D eigenvalue weighted by Crippen LogP contribution is -2.46. The minimum absolute atomic E-state index is 0. The molecule has 2 rings (SSSR count). The number of hydrogen-bond acceptors (Lipinski definition) is 14. The number of phenolic OH excluding ortho intramolecular Hbond substituents is 2. The molecule has 0 saturated heterocycles. The van der Waals surface area contributed by atoms with Crippen molar-refractivity contribution in [2.75, 3.05) is 0 Å². The van der Waals surface area contributed by atoms with Crippen LogP contribution in [0.4, 0.5) is 0 Å². The van der Waals surface area contributed by atoms with E-state index in [-0.39, 0.29) is 53.7 Å². The first-order chi connectivity index (χ1) is 33.3. The monoisotopic (exact) mass is 985 g/mol. The number of hydrazine groups is 6. The summed E-state index contributed by atoms with van der Waals surface area (Å²) in [7, 11) is 0. The van der Waals surface area contributed by atoms with E-state index >= 15 is 0 Å². The highest BCUT2D eigenvalue weighted by Crippen LogP contribution is 2.16. The summed E-state index contributed by atoms with van der Waals surface area (Å²) in [5.41, 5.74) is 16.5. The fourth-order valence-corrected chi connectivity index (χ4v) is 5.99. The van der Waals surface area contributed by atoms with Gasteiger partial charge in [0.25, 0.3) is 11.8 Å². The number of unbranched alkanes of at least 4 members (excludes halogenated alkanes) is 14. The summed E-state index contributed by atoms with van der Waals surface area (Å²) in [6.07, 6.45) is 29.5. The smallest absolute Gasteiger partial charge is 0.273 e. The van der Waals surface area contributed by atoms with Crippen molar-refractivity contribution in [2.24, 2.45) is 23.4 Å². The Balaban J connectivity index is 0. The van der Waals surface area contributed by atoms with Crippen molar-refractivity contribution in [1.82, 2.24) is 43.4 Å². The van der Waals surface area contributed by atoms with Crippen LogP contribution in [-0.4, -0.2) is 57.5 Å². The first-order valence-electron chi connectivity index (χ1n) is 23.3. The maximum atomic E-state index is 11.8. The van der Waals surface area contributed by atoms with Gasteiger partial charge in [-0.1, -0.05) is 107 Å². The molecule has 18 N–H and O–H groups in total. The van der Waals surface area contributed by atoms with Crippen LogP contribution in [0, 0.1) is 0 Å². The number of hydrogen-bond donors (Lipinski definition) is 14. The van der Waals surface area contributed by atoms with Crippen LogP contribution >= 0.6 is 0 Å². The maximum absolute atomic E-state index is 11.8. The summed E-state index contributed by atoms with van der Waals surface area (Å²) in [5, 5.41) is 19.1. The lowest BCUT2D eigenvalue weighted by molar-refractivity contribution is -0.130. The van der Waals surface area contributed by atoms with Crippen LogP contribution in [0.25, 0.3) is 0 Å². The van der Waals surface area contributed by atoms with Crippen LogP contribution in [0.5, 0.6) is 11.5 Å². The van der Waals surface area contributed by atoms with E-state index < -0.39 is 30.0 Å². The normalized spacial score (nSPS) is 10.2. The Morgan fingerprint density at radius 2 is 0.643 bits per heavy atom. The third-order valence-corrected chi connectivity index (χ3v) is 9.83. The minimum atomic E-state index is -0.854. The number of amides is 8. The zero-order valence-corrected chi connectivity index (χ0v) is 39.7. The number of aromatic hydroxyl groups is 2. The quantitative estimate of drug-likeness (QED) is 0.0132. The molecule has 22 heteroatoms. The van der Waals surface area contributed by atoms with Crippen molar-refractivity contribution in [1.29, 1.82) is 0 Å². The molecule has 0 spiro atoms. The number of nitrogens with two attached hydrogens (primary N) is 4. The molecule has 22 nitrogen and oxygen atoms in total. The molecule has 0 aliphatic heterocycles. The predicted octanol–water partition coefficient (Wildman–Crippen LogP) is 3.97. The summed E-state index contributed by atoms with van der Waals surface area (Å²) in [6, 6.07) is 11.4. The molecule has 0 aromatic heterocycles. The highest BCUT2D eigenvalue weighted by Gasteiger charge is 2.15. The number of benzene rings is 2. The number of carbonyl (C=O) groups excluding carboxylic acids is 8. The average Bonchev–Trinajstić information content (AvgIpc) is 3.35. The molecule has 70 heavy (non-hydrogen) atoms. The van der Waals surface area contributed by atoms with Gasteiger partial charge in [-0.3, -0.25) is 81.8 Å². The second-order valence-corrected chi connectivity index (χ2v) is 15.5. The van der Waals surface area contributed by atoms with E-state index in [1.54, 1.807) is 0 Å². The first kappa shape index (κ1) is 65.2. The molecular weight excluding hydrogens is 905 g/mol. The molecule has 392 valence electrons. The van der Waals surface area contributed by atoms with E-state index in [0.29, 0.717) is 25.7 Å². The fraction of sp³-hybridized carbons (Fsp3) is 0.500. The Hall–Kier alpha value is -6.88. The van der Waals surface area contributed by atoms with Gasteiger partial charge in [0, 0.05) is 25.7 Å². The predicted molar refractivity (Wildman–Crippen MR) is 268 cm³/mol. The first-order valence-corrected chi connectivity index (χ1v) is 23.3. The molecule has 0 heterocycles. The molecule has 0 radical (unpaired) electrons. The summed E-state index contributed by atoms with van der Waals surface area (Å²) in [4.78, 5) is 90.3. The summed E-state index contributed by atoms with van der Waals surface area (Å²) in [6.45, 7) is 0. The largest absolute Gasteiger partial charge is 0.507 e. The number of carbonyl (C=O) groups is 8. The van der Waals surface area contributed by atoms with Crippen molar-refractivity contribution >= 4 is 47.3 Å². The molecule has 2 aromatic carbocycles. The Kier molecular flexibility index (Phi) is 41.6. The van der Waals surface area contributed by atoms with E-state index in [9.17, 15) is 48.6 Å². The molecule has 0 aliphatic carbocycles. The van der Waals surface area contributed by atoms with E-state index in [0.717, 1.165) is 89.9 Å². The molecule has 0 atom stereocenters. The Morgan fingerprint density at radius 1 is 0.371 bits per heavy atom. The molecule has 0 aliphatic rings. The number of nitrogens with one attached hydrogen (secondary N) is 8. The number of phenols is 2. The van der Waals surface area contributed by atoms with Gasteiger partial charge in [0.2, 0.25) is 35.4 Å². The SMILES string of the molecule is C.NNC(=O)CCCCCC/C=C/CC/C=C/CCCCCCC(=O)NN.NNC(=O)CCCCCCCCC(=O)NN.O=C(CC(=O)NNC(=O)c1ccccc1O)NNC(=O)c1ccccc1O. The second kappa shape index (κ2) is 44.6. The molecule has 8 amide bonds. The second-order valence-electron chi connectivity index (χ2n) is 15.5. The van der Waals surface area contributed by atoms with Crippen molar-refractivity contribution in [3.05, 3.63) is 84.0 Å².